The summed E-state index contributed by atoms with van der Waals surface area (Å²) in [6.07, 6.45) is 0.860. The van der Waals surface area contributed by atoms with Crippen molar-refractivity contribution in [2.75, 3.05) is 20.3 Å². The van der Waals surface area contributed by atoms with Gasteiger partial charge in [0.2, 0.25) is 0 Å². The second-order valence-corrected chi connectivity index (χ2v) is 3.25. The number of aliphatic hydroxyl groups excluding tert-OH is 1. The minimum absolute atomic E-state index is 0.0602. The van der Waals surface area contributed by atoms with Gasteiger partial charge in [-0.25, -0.2) is 0 Å². The highest BCUT2D eigenvalue weighted by Gasteiger charge is 2.06. The van der Waals surface area contributed by atoms with E-state index in [9.17, 15) is 0 Å². The van der Waals surface area contributed by atoms with Crippen LogP contribution in [0, 0.1) is 0 Å². The third kappa shape index (κ3) is 3.22. The van der Waals surface area contributed by atoms with Crippen molar-refractivity contribution in [3.8, 4) is 5.75 Å². The Bertz CT molecular complexity index is 297. The summed E-state index contributed by atoms with van der Waals surface area (Å²) in [5.41, 5.74) is 2.02. The highest BCUT2D eigenvalue weighted by Crippen LogP contribution is 2.23. The van der Waals surface area contributed by atoms with Gasteiger partial charge in [-0.2, -0.15) is 0 Å². The van der Waals surface area contributed by atoms with E-state index >= 15 is 0 Å². The summed E-state index contributed by atoms with van der Waals surface area (Å²) in [7, 11) is 1.65. The molecule has 3 nitrogen and oxygen atoms in total. The van der Waals surface area contributed by atoms with Gasteiger partial charge in [-0.1, -0.05) is 19.1 Å². The van der Waals surface area contributed by atoms with Crippen molar-refractivity contribution in [1.29, 1.82) is 0 Å². The average Bonchev–Trinajstić information content (AvgIpc) is 2.29. The fourth-order valence-electron chi connectivity index (χ4n) is 1.53. The van der Waals surface area contributed by atoms with Crippen molar-refractivity contribution in [3.63, 3.8) is 0 Å². The number of hydrogen-bond acceptors (Lipinski definition) is 3. The lowest BCUT2D eigenvalue weighted by Crippen LogP contribution is -2.07. The Morgan fingerprint density at radius 1 is 1.27 bits per heavy atom. The first kappa shape index (κ1) is 12.0. The third-order valence-electron chi connectivity index (χ3n) is 2.30. The molecule has 0 aliphatic carbocycles. The van der Waals surface area contributed by atoms with Gasteiger partial charge in [0.05, 0.1) is 13.2 Å². The maximum atomic E-state index is 9.17. The van der Waals surface area contributed by atoms with Gasteiger partial charge in [-0.05, 0) is 23.6 Å². The van der Waals surface area contributed by atoms with Gasteiger partial charge in [-0.3, -0.25) is 0 Å². The van der Waals surface area contributed by atoms with Crippen LogP contribution in [0.3, 0.4) is 0 Å². The third-order valence-corrected chi connectivity index (χ3v) is 2.30. The second-order valence-electron chi connectivity index (χ2n) is 3.25. The SMILES string of the molecule is CCc1c(CO)cccc1OCCOC. The molecule has 1 rings (SSSR count). The van der Waals surface area contributed by atoms with Crippen LogP contribution in [0.2, 0.25) is 0 Å². The highest BCUT2D eigenvalue weighted by atomic mass is 16.5. The predicted octanol–water partition coefficient (Wildman–Crippen LogP) is 1.77. The van der Waals surface area contributed by atoms with E-state index in [2.05, 4.69) is 6.92 Å². The molecule has 0 amide bonds. The molecule has 15 heavy (non-hydrogen) atoms. The molecular weight excluding hydrogens is 192 g/mol. The fraction of sp³-hybridized carbons (Fsp3) is 0.500. The van der Waals surface area contributed by atoms with Gasteiger partial charge < -0.3 is 14.6 Å². The minimum Gasteiger partial charge on any atom is -0.491 e. The van der Waals surface area contributed by atoms with E-state index in [0.717, 1.165) is 23.3 Å². The molecule has 0 heterocycles. The van der Waals surface area contributed by atoms with Gasteiger partial charge in [0.25, 0.3) is 0 Å². The van der Waals surface area contributed by atoms with Crippen molar-refractivity contribution in [2.45, 2.75) is 20.0 Å². The van der Waals surface area contributed by atoms with E-state index in [-0.39, 0.29) is 6.61 Å². The monoisotopic (exact) mass is 210 g/mol. The molecule has 0 radical (unpaired) electrons. The second kappa shape index (κ2) is 6.43. The lowest BCUT2D eigenvalue weighted by atomic mass is 10.0. The first-order chi connectivity index (χ1) is 7.33. The molecule has 84 valence electrons. The molecule has 0 saturated heterocycles. The Morgan fingerprint density at radius 3 is 2.67 bits per heavy atom. The number of benzene rings is 1. The number of methoxy groups -OCH3 is 1. The average molecular weight is 210 g/mol. The summed E-state index contributed by atoms with van der Waals surface area (Å²) in [4.78, 5) is 0. The zero-order valence-corrected chi connectivity index (χ0v) is 9.32. The van der Waals surface area contributed by atoms with Crippen LogP contribution < -0.4 is 4.74 Å². The summed E-state index contributed by atoms with van der Waals surface area (Å²) in [5.74, 6) is 0.848. The maximum absolute atomic E-state index is 9.17. The summed E-state index contributed by atoms with van der Waals surface area (Å²) in [6, 6.07) is 5.74. The van der Waals surface area contributed by atoms with Crippen LogP contribution in [0.4, 0.5) is 0 Å². The molecule has 0 aliphatic heterocycles. The topological polar surface area (TPSA) is 38.7 Å². The van der Waals surface area contributed by atoms with Crippen LogP contribution in [-0.2, 0) is 17.8 Å². The molecule has 0 aliphatic rings. The van der Waals surface area contributed by atoms with Crippen LogP contribution in [0.1, 0.15) is 18.1 Å². The number of aliphatic hydroxyl groups is 1. The van der Waals surface area contributed by atoms with Crippen LogP contribution in [0.15, 0.2) is 18.2 Å². The molecule has 3 heteroatoms. The lowest BCUT2D eigenvalue weighted by Gasteiger charge is -2.12. The molecule has 0 bridgehead atoms. The summed E-state index contributed by atoms with van der Waals surface area (Å²) in [6.45, 7) is 3.23. The first-order valence-corrected chi connectivity index (χ1v) is 5.16. The Morgan fingerprint density at radius 2 is 2.07 bits per heavy atom. The minimum atomic E-state index is 0.0602. The van der Waals surface area contributed by atoms with Crippen molar-refractivity contribution in [1.82, 2.24) is 0 Å². The van der Waals surface area contributed by atoms with Crippen LogP contribution in [0.25, 0.3) is 0 Å². The number of ether oxygens (including phenoxy) is 2. The van der Waals surface area contributed by atoms with Gasteiger partial charge in [-0.15, -0.1) is 0 Å². The van der Waals surface area contributed by atoms with Crippen LogP contribution in [-0.4, -0.2) is 25.4 Å². The molecule has 0 aromatic heterocycles. The number of rotatable bonds is 6. The molecule has 1 N–H and O–H groups in total. The van der Waals surface area contributed by atoms with E-state index < -0.39 is 0 Å². The first-order valence-electron chi connectivity index (χ1n) is 5.16. The van der Waals surface area contributed by atoms with Gasteiger partial charge in [0, 0.05) is 7.11 Å². The maximum Gasteiger partial charge on any atom is 0.122 e. The van der Waals surface area contributed by atoms with E-state index in [4.69, 9.17) is 14.6 Å². The Labute approximate surface area is 90.6 Å². The molecule has 1 aromatic rings. The van der Waals surface area contributed by atoms with Crippen molar-refractivity contribution >= 4 is 0 Å². The predicted molar refractivity (Wildman–Crippen MR) is 59.1 cm³/mol. The van der Waals surface area contributed by atoms with Crippen LogP contribution in [0.5, 0.6) is 5.75 Å². The smallest absolute Gasteiger partial charge is 0.122 e. The fourth-order valence-corrected chi connectivity index (χ4v) is 1.53. The van der Waals surface area contributed by atoms with Gasteiger partial charge >= 0.3 is 0 Å². The standard InChI is InChI=1S/C12H18O3/c1-3-11-10(9-13)5-4-6-12(11)15-8-7-14-2/h4-6,13H,3,7-9H2,1-2H3. The van der Waals surface area contributed by atoms with Crippen LogP contribution >= 0.6 is 0 Å². The van der Waals surface area contributed by atoms with E-state index in [1.54, 1.807) is 7.11 Å². The van der Waals surface area contributed by atoms with Crippen molar-refractivity contribution in [2.24, 2.45) is 0 Å². The summed E-state index contributed by atoms with van der Waals surface area (Å²) in [5, 5.41) is 9.17. The van der Waals surface area contributed by atoms with Crippen molar-refractivity contribution in [3.05, 3.63) is 29.3 Å². The van der Waals surface area contributed by atoms with Gasteiger partial charge in [0.1, 0.15) is 12.4 Å². The molecule has 0 spiro atoms. The molecule has 1 aromatic carbocycles. The van der Waals surface area contributed by atoms with E-state index in [1.807, 2.05) is 18.2 Å². The summed E-state index contributed by atoms with van der Waals surface area (Å²) >= 11 is 0. The van der Waals surface area contributed by atoms with E-state index in [1.165, 1.54) is 0 Å². The normalized spacial score (nSPS) is 10.3. The number of hydrogen-bond donors (Lipinski definition) is 1. The van der Waals surface area contributed by atoms with Gasteiger partial charge in [0.15, 0.2) is 0 Å². The molecule has 0 fully saturated rings. The molecule has 0 atom stereocenters. The zero-order chi connectivity index (χ0) is 11.1. The molecule has 0 saturated carbocycles. The Balaban J connectivity index is 2.76. The Kier molecular flexibility index (Phi) is 5.15. The van der Waals surface area contributed by atoms with E-state index in [0.29, 0.717) is 13.2 Å². The zero-order valence-electron chi connectivity index (χ0n) is 9.32. The lowest BCUT2D eigenvalue weighted by molar-refractivity contribution is 0.145. The largest absolute Gasteiger partial charge is 0.491 e. The quantitative estimate of drug-likeness (QED) is 0.727. The Hall–Kier alpha value is -1.06. The molecular formula is C12H18O3. The van der Waals surface area contributed by atoms with Crippen molar-refractivity contribution < 1.29 is 14.6 Å². The highest BCUT2D eigenvalue weighted by molar-refractivity contribution is 5.40. The summed E-state index contributed by atoms with van der Waals surface area (Å²) < 4.78 is 10.5. The molecule has 0 unspecified atom stereocenters.